The van der Waals surface area contributed by atoms with E-state index in [0.29, 0.717) is 18.7 Å². The number of likely N-dealkylation sites (tertiary alicyclic amines) is 1. The molecule has 0 radical (unpaired) electrons. The van der Waals surface area contributed by atoms with Crippen LogP contribution in [0.5, 0.6) is 5.75 Å². The second-order valence-electron chi connectivity index (χ2n) is 5.12. The van der Waals surface area contributed by atoms with E-state index in [2.05, 4.69) is 0 Å². The van der Waals surface area contributed by atoms with Gasteiger partial charge in [0.15, 0.2) is 6.61 Å². The number of ether oxygens (including phenoxy) is 1. The highest BCUT2D eigenvalue weighted by Crippen LogP contribution is 2.17. The molecule has 1 aromatic carbocycles. The van der Waals surface area contributed by atoms with Crippen molar-refractivity contribution in [3.8, 4) is 5.75 Å². The van der Waals surface area contributed by atoms with Gasteiger partial charge in [0.2, 0.25) is 0 Å². The van der Waals surface area contributed by atoms with Crippen molar-refractivity contribution in [2.75, 3.05) is 19.7 Å². The van der Waals surface area contributed by atoms with Gasteiger partial charge in [0.05, 0.1) is 5.92 Å². The maximum Gasteiger partial charge on any atom is 0.308 e. The van der Waals surface area contributed by atoms with Crippen LogP contribution >= 0.6 is 0 Å². The average molecular weight is 277 g/mol. The molecule has 1 aliphatic rings. The number of carbonyl (C=O) groups is 2. The van der Waals surface area contributed by atoms with E-state index in [0.717, 1.165) is 12.0 Å². The lowest BCUT2D eigenvalue weighted by Gasteiger charge is -2.30. The molecule has 1 fully saturated rings. The summed E-state index contributed by atoms with van der Waals surface area (Å²) in [5, 5.41) is 9.01. The summed E-state index contributed by atoms with van der Waals surface area (Å²) in [6.45, 7) is 2.80. The molecule has 2 rings (SSSR count). The molecule has 0 spiro atoms. The van der Waals surface area contributed by atoms with Crippen LogP contribution in [0.15, 0.2) is 24.3 Å². The number of rotatable bonds is 4. The maximum absolute atomic E-state index is 12.0. The van der Waals surface area contributed by atoms with Gasteiger partial charge in [-0.2, -0.15) is 0 Å². The van der Waals surface area contributed by atoms with Crippen LogP contribution in [-0.2, 0) is 9.59 Å². The van der Waals surface area contributed by atoms with E-state index in [1.807, 2.05) is 25.1 Å². The van der Waals surface area contributed by atoms with Crippen molar-refractivity contribution in [3.63, 3.8) is 0 Å². The average Bonchev–Trinajstić information content (AvgIpc) is 2.45. The van der Waals surface area contributed by atoms with E-state index in [9.17, 15) is 9.59 Å². The van der Waals surface area contributed by atoms with Crippen LogP contribution in [0.2, 0.25) is 0 Å². The number of aliphatic carboxylic acids is 1. The lowest BCUT2D eigenvalue weighted by atomic mass is 9.98. The van der Waals surface area contributed by atoms with Gasteiger partial charge in [-0.1, -0.05) is 12.1 Å². The number of carbonyl (C=O) groups excluding carboxylic acids is 1. The molecule has 0 aromatic heterocycles. The van der Waals surface area contributed by atoms with Crippen molar-refractivity contribution in [1.29, 1.82) is 0 Å². The first-order chi connectivity index (χ1) is 9.56. The molecule has 0 aliphatic carbocycles. The highest BCUT2D eigenvalue weighted by atomic mass is 16.5. The fraction of sp³-hybridized carbons (Fsp3) is 0.467. The van der Waals surface area contributed by atoms with Crippen molar-refractivity contribution in [3.05, 3.63) is 29.8 Å². The monoisotopic (exact) mass is 277 g/mol. The minimum atomic E-state index is -0.831. The molecular formula is C15H19NO4. The van der Waals surface area contributed by atoms with Crippen molar-refractivity contribution in [1.82, 2.24) is 4.90 Å². The van der Waals surface area contributed by atoms with Crippen LogP contribution in [0.3, 0.4) is 0 Å². The number of carboxylic acids is 1. The quantitative estimate of drug-likeness (QED) is 0.909. The number of piperidine rings is 1. The number of carboxylic acid groups (broad SMARTS) is 1. The van der Waals surface area contributed by atoms with Gasteiger partial charge in [-0.25, -0.2) is 0 Å². The Morgan fingerprint density at radius 3 is 2.95 bits per heavy atom. The molecule has 1 aliphatic heterocycles. The minimum absolute atomic E-state index is 0.0458. The highest BCUT2D eigenvalue weighted by molar-refractivity contribution is 5.79. The first-order valence-electron chi connectivity index (χ1n) is 6.76. The molecule has 1 amide bonds. The fourth-order valence-corrected chi connectivity index (χ4v) is 2.35. The molecule has 1 aromatic rings. The van der Waals surface area contributed by atoms with Crippen molar-refractivity contribution >= 4 is 11.9 Å². The summed E-state index contributed by atoms with van der Waals surface area (Å²) in [6.07, 6.45) is 1.37. The molecular weight excluding hydrogens is 258 g/mol. The number of nitrogens with zero attached hydrogens (tertiary/aromatic N) is 1. The smallest absolute Gasteiger partial charge is 0.308 e. The van der Waals surface area contributed by atoms with Gasteiger partial charge in [-0.3, -0.25) is 9.59 Å². The van der Waals surface area contributed by atoms with Crippen LogP contribution in [0, 0.1) is 12.8 Å². The van der Waals surface area contributed by atoms with Crippen LogP contribution in [-0.4, -0.2) is 41.6 Å². The second-order valence-corrected chi connectivity index (χ2v) is 5.12. The molecule has 0 bridgehead atoms. The third-order valence-corrected chi connectivity index (χ3v) is 3.48. The molecule has 0 saturated carbocycles. The number of hydrogen-bond acceptors (Lipinski definition) is 3. The zero-order valence-corrected chi connectivity index (χ0v) is 11.5. The van der Waals surface area contributed by atoms with Crippen LogP contribution in [0.25, 0.3) is 0 Å². The third-order valence-electron chi connectivity index (χ3n) is 3.48. The lowest BCUT2D eigenvalue weighted by molar-refractivity contribution is -0.146. The van der Waals surface area contributed by atoms with Crippen molar-refractivity contribution in [2.45, 2.75) is 19.8 Å². The first-order valence-corrected chi connectivity index (χ1v) is 6.76. The van der Waals surface area contributed by atoms with E-state index < -0.39 is 11.9 Å². The number of amides is 1. The van der Waals surface area contributed by atoms with E-state index in [1.54, 1.807) is 11.0 Å². The van der Waals surface area contributed by atoms with E-state index in [4.69, 9.17) is 9.84 Å². The molecule has 1 unspecified atom stereocenters. The van der Waals surface area contributed by atoms with E-state index in [-0.39, 0.29) is 19.1 Å². The molecule has 108 valence electrons. The summed E-state index contributed by atoms with van der Waals surface area (Å²) in [4.78, 5) is 24.6. The third kappa shape index (κ3) is 3.73. The Hall–Kier alpha value is -2.04. The molecule has 1 atom stereocenters. The molecule has 5 nitrogen and oxygen atoms in total. The van der Waals surface area contributed by atoms with Crippen molar-refractivity contribution < 1.29 is 19.4 Å². The van der Waals surface area contributed by atoms with Gasteiger partial charge >= 0.3 is 5.97 Å². The molecule has 20 heavy (non-hydrogen) atoms. The van der Waals surface area contributed by atoms with Crippen LogP contribution < -0.4 is 4.74 Å². The topological polar surface area (TPSA) is 66.8 Å². The number of hydrogen-bond donors (Lipinski definition) is 1. The summed E-state index contributed by atoms with van der Waals surface area (Å²) in [5.41, 5.74) is 1.07. The normalized spacial score (nSPS) is 18.6. The molecule has 1 heterocycles. The fourth-order valence-electron chi connectivity index (χ4n) is 2.35. The summed E-state index contributed by atoms with van der Waals surface area (Å²) in [6, 6.07) is 7.49. The zero-order chi connectivity index (χ0) is 14.5. The predicted octanol–water partition coefficient (Wildman–Crippen LogP) is 1.70. The highest BCUT2D eigenvalue weighted by Gasteiger charge is 2.28. The summed E-state index contributed by atoms with van der Waals surface area (Å²) in [5.74, 6) is -0.781. The van der Waals surface area contributed by atoms with Crippen LogP contribution in [0.4, 0.5) is 0 Å². The van der Waals surface area contributed by atoms with Gasteiger partial charge in [0, 0.05) is 13.1 Å². The van der Waals surface area contributed by atoms with Crippen molar-refractivity contribution in [2.24, 2.45) is 5.92 Å². The molecule has 5 heteroatoms. The van der Waals surface area contributed by atoms with Crippen LogP contribution in [0.1, 0.15) is 18.4 Å². The molecule has 1 N–H and O–H groups in total. The van der Waals surface area contributed by atoms with Gasteiger partial charge in [0.1, 0.15) is 5.75 Å². The SMILES string of the molecule is Cc1cccc(OCC(=O)N2CCCC(C(=O)O)C2)c1. The number of benzene rings is 1. The Morgan fingerprint density at radius 1 is 1.45 bits per heavy atom. The Labute approximate surface area is 118 Å². The Morgan fingerprint density at radius 2 is 2.25 bits per heavy atom. The largest absolute Gasteiger partial charge is 0.484 e. The van der Waals surface area contributed by atoms with E-state index >= 15 is 0 Å². The predicted molar refractivity (Wildman–Crippen MR) is 73.6 cm³/mol. The summed E-state index contributed by atoms with van der Waals surface area (Å²) < 4.78 is 5.46. The first kappa shape index (κ1) is 14.4. The summed E-state index contributed by atoms with van der Waals surface area (Å²) in [7, 11) is 0. The maximum atomic E-state index is 12.0. The zero-order valence-electron chi connectivity index (χ0n) is 11.5. The number of aryl methyl sites for hydroxylation is 1. The van der Waals surface area contributed by atoms with Gasteiger partial charge in [0.25, 0.3) is 5.91 Å². The summed E-state index contributed by atoms with van der Waals surface area (Å²) >= 11 is 0. The Kier molecular flexibility index (Phi) is 4.61. The second kappa shape index (κ2) is 6.41. The minimum Gasteiger partial charge on any atom is -0.484 e. The van der Waals surface area contributed by atoms with Gasteiger partial charge < -0.3 is 14.7 Å². The standard InChI is InChI=1S/C15H19NO4/c1-11-4-2-6-13(8-11)20-10-14(17)16-7-3-5-12(9-16)15(18)19/h2,4,6,8,12H,3,5,7,9-10H2,1H3,(H,18,19). The van der Waals surface area contributed by atoms with Gasteiger partial charge in [-0.05, 0) is 37.5 Å². The van der Waals surface area contributed by atoms with E-state index in [1.165, 1.54) is 0 Å². The Balaban J connectivity index is 1.87. The Bertz CT molecular complexity index is 500. The van der Waals surface area contributed by atoms with Gasteiger partial charge in [-0.15, -0.1) is 0 Å². The lowest BCUT2D eigenvalue weighted by Crippen LogP contribution is -2.44. The molecule has 1 saturated heterocycles.